The van der Waals surface area contributed by atoms with Gasteiger partial charge >= 0.3 is 0 Å². The van der Waals surface area contributed by atoms with Gasteiger partial charge in [0.05, 0.1) is 0 Å². The number of rotatable bonds is 4. The quantitative estimate of drug-likeness (QED) is 0.847. The first-order valence-corrected chi connectivity index (χ1v) is 7.40. The number of benzene rings is 1. The highest BCUT2D eigenvalue weighted by Crippen LogP contribution is 2.43. The number of ether oxygens (including phenoxy) is 2. The largest absolute Gasteiger partial charge is 0.490 e. The zero-order chi connectivity index (χ0) is 13.4. The topological polar surface area (TPSA) is 44.5 Å². The van der Waals surface area contributed by atoms with Gasteiger partial charge in [0.1, 0.15) is 23.7 Å². The lowest BCUT2D eigenvalue weighted by molar-refractivity contribution is 0.252. The highest BCUT2D eigenvalue weighted by atomic mass is 16.5. The molecule has 0 saturated carbocycles. The highest BCUT2D eigenvalue weighted by molar-refractivity contribution is 5.57. The summed E-state index contributed by atoms with van der Waals surface area (Å²) in [6, 6.07) is 2.20. The van der Waals surface area contributed by atoms with Gasteiger partial charge in [0, 0.05) is 29.5 Å². The standard InChI is InChI=1S/C16H23NO2/c1-10-7-12-9-15-14(8-11(2)18-15)13(16(12)19-10)5-3-4-6-17/h9-11H,3-8,17H2,1-2H3. The smallest absolute Gasteiger partial charge is 0.126 e. The Morgan fingerprint density at radius 2 is 1.95 bits per heavy atom. The summed E-state index contributed by atoms with van der Waals surface area (Å²) in [4.78, 5) is 0. The molecule has 104 valence electrons. The van der Waals surface area contributed by atoms with Gasteiger partial charge in [0.2, 0.25) is 0 Å². The van der Waals surface area contributed by atoms with Gasteiger partial charge in [-0.25, -0.2) is 0 Å². The Labute approximate surface area is 115 Å². The second-order valence-electron chi connectivity index (χ2n) is 5.83. The highest BCUT2D eigenvalue weighted by Gasteiger charge is 2.30. The van der Waals surface area contributed by atoms with Crippen molar-refractivity contribution < 1.29 is 9.47 Å². The molecule has 2 unspecified atom stereocenters. The van der Waals surface area contributed by atoms with E-state index in [9.17, 15) is 0 Å². The molecule has 1 aromatic rings. The van der Waals surface area contributed by atoms with Crippen molar-refractivity contribution in [1.29, 1.82) is 0 Å². The van der Waals surface area contributed by atoms with Crippen LogP contribution in [0.1, 0.15) is 43.4 Å². The molecule has 0 radical (unpaired) electrons. The van der Waals surface area contributed by atoms with Crippen molar-refractivity contribution in [1.82, 2.24) is 0 Å². The number of fused-ring (bicyclic) bond motifs is 2. The second-order valence-corrected chi connectivity index (χ2v) is 5.83. The van der Waals surface area contributed by atoms with E-state index in [1.165, 1.54) is 16.7 Å². The summed E-state index contributed by atoms with van der Waals surface area (Å²) >= 11 is 0. The summed E-state index contributed by atoms with van der Waals surface area (Å²) in [5, 5.41) is 0. The predicted molar refractivity (Wildman–Crippen MR) is 76.0 cm³/mol. The molecule has 0 fully saturated rings. The third-order valence-electron chi connectivity index (χ3n) is 4.06. The third kappa shape index (κ3) is 2.32. The van der Waals surface area contributed by atoms with Crippen LogP contribution in [-0.2, 0) is 19.3 Å². The monoisotopic (exact) mass is 261 g/mol. The van der Waals surface area contributed by atoms with Gasteiger partial charge in [-0.3, -0.25) is 0 Å². The second kappa shape index (κ2) is 5.04. The molecule has 2 atom stereocenters. The molecule has 0 spiro atoms. The van der Waals surface area contributed by atoms with Crippen LogP contribution < -0.4 is 15.2 Å². The molecule has 2 aliphatic rings. The molecule has 0 amide bonds. The van der Waals surface area contributed by atoms with Gasteiger partial charge in [-0.2, -0.15) is 0 Å². The lowest BCUT2D eigenvalue weighted by Gasteiger charge is -2.13. The van der Waals surface area contributed by atoms with Crippen molar-refractivity contribution in [3.63, 3.8) is 0 Å². The van der Waals surface area contributed by atoms with Crippen LogP contribution in [0.3, 0.4) is 0 Å². The zero-order valence-electron chi connectivity index (χ0n) is 11.9. The van der Waals surface area contributed by atoms with Crippen LogP contribution in [0.15, 0.2) is 6.07 Å². The molecular formula is C16H23NO2. The number of hydrogen-bond acceptors (Lipinski definition) is 3. The van der Waals surface area contributed by atoms with Crippen LogP contribution >= 0.6 is 0 Å². The average Bonchev–Trinajstić information content (AvgIpc) is 2.89. The summed E-state index contributed by atoms with van der Waals surface area (Å²) in [5.74, 6) is 2.23. The SMILES string of the molecule is CC1Cc2c(cc3c(c2CCCCN)OC(C)C3)O1. The maximum atomic E-state index is 6.04. The Morgan fingerprint density at radius 3 is 2.74 bits per heavy atom. The molecule has 1 aromatic carbocycles. The minimum atomic E-state index is 0.295. The van der Waals surface area contributed by atoms with Crippen LogP contribution in [0.25, 0.3) is 0 Å². The van der Waals surface area contributed by atoms with E-state index in [4.69, 9.17) is 15.2 Å². The Hall–Kier alpha value is -1.22. The molecule has 0 saturated heterocycles. The molecule has 19 heavy (non-hydrogen) atoms. The lowest BCUT2D eigenvalue weighted by atomic mass is 9.94. The number of nitrogens with two attached hydrogens (primary N) is 1. The van der Waals surface area contributed by atoms with E-state index in [2.05, 4.69) is 19.9 Å². The molecule has 3 heteroatoms. The average molecular weight is 261 g/mol. The first-order valence-electron chi connectivity index (χ1n) is 7.40. The van der Waals surface area contributed by atoms with Gasteiger partial charge in [-0.15, -0.1) is 0 Å². The van der Waals surface area contributed by atoms with E-state index in [0.717, 1.165) is 50.1 Å². The lowest BCUT2D eigenvalue weighted by Crippen LogP contribution is -2.08. The summed E-state index contributed by atoms with van der Waals surface area (Å²) in [5.41, 5.74) is 9.69. The van der Waals surface area contributed by atoms with Crippen molar-refractivity contribution in [2.45, 2.75) is 58.2 Å². The van der Waals surface area contributed by atoms with E-state index in [-0.39, 0.29) is 0 Å². The van der Waals surface area contributed by atoms with Crippen molar-refractivity contribution in [3.8, 4) is 11.5 Å². The fraction of sp³-hybridized carbons (Fsp3) is 0.625. The molecule has 3 nitrogen and oxygen atoms in total. The number of hydrogen-bond donors (Lipinski definition) is 1. The van der Waals surface area contributed by atoms with Crippen LogP contribution in [0, 0.1) is 0 Å². The van der Waals surface area contributed by atoms with Gasteiger partial charge in [-0.05, 0) is 45.7 Å². The van der Waals surface area contributed by atoms with E-state index >= 15 is 0 Å². The van der Waals surface area contributed by atoms with E-state index < -0.39 is 0 Å². The molecule has 2 aliphatic heterocycles. The minimum Gasteiger partial charge on any atom is -0.490 e. The van der Waals surface area contributed by atoms with Gasteiger partial charge in [-0.1, -0.05) is 0 Å². The molecule has 0 aliphatic carbocycles. The molecule has 2 heterocycles. The fourth-order valence-corrected chi connectivity index (χ4v) is 3.23. The Balaban J connectivity index is 1.95. The first-order chi connectivity index (χ1) is 9.19. The minimum absolute atomic E-state index is 0.295. The van der Waals surface area contributed by atoms with Gasteiger partial charge in [0.15, 0.2) is 0 Å². The predicted octanol–water partition coefficient (Wildman–Crippen LogP) is 2.61. The Kier molecular flexibility index (Phi) is 3.40. The maximum Gasteiger partial charge on any atom is 0.126 e. The van der Waals surface area contributed by atoms with E-state index in [0.29, 0.717) is 12.2 Å². The summed E-state index contributed by atoms with van der Waals surface area (Å²) in [7, 11) is 0. The Morgan fingerprint density at radius 1 is 1.16 bits per heavy atom. The van der Waals surface area contributed by atoms with E-state index in [1.807, 2.05) is 0 Å². The van der Waals surface area contributed by atoms with Crippen LogP contribution in [0.4, 0.5) is 0 Å². The molecule has 3 rings (SSSR count). The van der Waals surface area contributed by atoms with Gasteiger partial charge < -0.3 is 15.2 Å². The maximum absolute atomic E-state index is 6.04. The fourth-order valence-electron chi connectivity index (χ4n) is 3.23. The normalized spacial score (nSPS) is 23.7. The van der Waals surface area contributed by atoms with Crippen molar-refractivity contribution >= 4 is 0 Å². The van der Waals surface area contributed by atoms with Crippen molar-refractivity contribution in [2.24, 2.45) is 5.73 Å². The molecule has 0 aromatic heterocycles. The molecule has 2 N–H and O–H groups in total. The van der Waals surface area contributed by atoms with Crippen LogP contribution in [-0.4, -0.2) is 18.8 Å². The van der Waals surface area contributed by atoms with Gasteiger partial charge in [0.25, 0.3) is 0 Å². The zero-order valence-corrected chi connectivity index (χ0v) is 11.9. The summed E-state index contributed by atoms with van der Waals surface area (Å²) in [6.07, 6.45) is 5.87. The Bertz CT molecular complexity index is 448. The molecule has 0 bridgehead atoms. The first kappa shape index (κ1) is 12.8. The van der Waals surface area contributed by atoms with Crippen LogP contribution in [0.5, 0.6) is 11.5 Å². The summed E-state index contributed by atoms with van der Waals surface area (Å²) in [6.45, 7) is 5.04. The third-order valence-corrected chi connectivity index (χ3v) is 4.06. The van der Waals surface area contributed by atoms with Crippen molar-refractivity contribution in [3.05, 3.63) is 22.8 Å². The molecular weight excluding hydrogens is 238 g/mol. The summed E-state index contributed by atoms with van der Waals surface area (Å²) < 4.78 is 12.0. The van der Waals surface area contributed by atoms with E-state index in [1.54, 1.807) is 0 Å². The number of unbranched alkanes of at least 4 members (excludes halogenated alkanes) is 1. The van der Waals surface area contributed by atoms with Crippen molar-refractivity contribution in [2.75, 3.05) is 6.54 Å². The van der Waals surface area contributed by atoms with Crippen LogP contribution in [0.2, 0.25) is 0 Å².